The summed E-state index contributed by atoms with van der Waals surface area (Å²) in [5, 5.41) is 9.28. The molecular weight excluding hydrogens is 288 g/mol. The molecule has 0 aliphatic heterocycles. The third kappa shape index (κ3) is 4.50. The summed E-state index contributed by atoms with van der Waals surface area (Å²) in [7, 11) is 0. The Balaban J connectivity index is 2.19. The molecule has 21 heavy (non-hydrogen) atoms. The molecule has 1 saturated carbocycles. The van der Waals surface area contributed by atoms with Gasteiger partial charge in [0.15, 0.2) is 0 Å². The Kier molecular flexibility index (Phi) is 5.29. The quantitative estimate of drug-likeness (QED) is 0.824. The van der Waals surface area contributed by atoms with E-state index in [-0.39, 0.29) is 6.10 Å². The summed E-state index contributed by atoms with van der Waals surface area (Å²) < 4.78 is 6.11. The smallest absolute Gasteiger partial charge is 0.328 e. The van der Waals surface area contributed by atoms with Crippen molar-refractivity contribution in [1.29, 1.82) is 0 Å². The van der Waals surface area contributed by atoms with Crippen LogP contribution in [0.2, 0.25) is 5.02 Å². The molecule has 3 nitrogen and oxygen atoms in total. The largest absolute Gasteiger partial charge is 0.490 e. The fourth-order valence-electron chi connectivity index (χ4n) is 3.09. The lowest BCUT2D eigenvalue weighted by atomic mass is 9.82. The van der Waals surface area contributed by atoms with Gasteiger partial charge in [0.1, 0.15) is 5.75 Å². The molecule has 0 radical (unpaired) electrons. The van der Waals surface area contributed by atoms with E-state index in [4.69, 9.17) is 21.4 Å². The molecule has 2 rings (SSSR count). The van der Waals surface area contributed by atoms with Crippen molar-refractivity contribution < 1.29 is 14.6 Å². The number of ether oxygens (including phenoxy) is 1. The van der Waals surface area contributed by atoms with Crippen molar-refractivity contribution in [2.24, 2.45) is 11.8 Å². The van der Waals surface area contributed by atoms with Gasteiger partial charge in [0.2, 0.25) is 0 Å². The van der Waals surface area contributed by atoms with E-state index in [1.165, 1.54) is 12.5 Å². The minimum Gasteiger partial charge on any atom is -0.490 e. The Bertz CT molecular complexity index is 529. The van der Waals surface area contributed by atoms with Crippen LogP contribution in [-0.2, 0) is 4.79 Å². The Labute approximate surface area is 130 Å². The summed E-state index contributed by atoms with van der Waals surface area (Å²) in [5.74, 6) is 0.957. The van der Waals surface area contributed by atoms with E-state index in [1.54, 1.807) is 6.07 Å². The van der Waals surface area contributed by atoms with Crippen molar-refractivity contribution in [1.82, 2.24) is 0 Å². The Morgan fingerprint density at radius 3 is 2.57 bits per heavy atom. The monoisotopic (exact) mass is 308 g/mol. The average Bonchev–Trinajstić information content (AvgIpc) is 2.36. The van der Waals surface area contributed by atoms with Gasteiger partial charge in [0.05, 0.1) is 11.1 Å². The maximum absolute atomic E-state index is 10.7. The first-order chi connectivity index (χ1) is 9.95. The summed E-state index contributed by atoms with van der Waals surface area (Å²) in [6.45, 7) is 4.49. The van der Waals surface area contributed by atoms with Crippen LogP contribution in [0.5, 0.6) is 5.75 Å². The summed E-state index contributed by atoms with van der Waals surface area (Å²) in [6, 6.07) is 5.41. The van der Waals surface area contributed by atoms with Crippen molar-refractivity contribution in [3.63, 3.8) is 0 Å². The molecule has 2 atom stereocenters. The van der Waals surface area contributed by atoms with Gasteiger partial charge >= 0.3 is 5.97 Å². The van der Waals surface area contributed by atoms with E-state index in [1.807, 2.05) is 12.1 Å². The molecule has 1 fully saturated rings. The zero-order chi connectivity index (χ0) is 15.4. The topological polar surface area (TPSA) is 46.5 Å². The highest BCUT2D eigenvalue weighted by Crippen LogP contribution is 2.34. The molecule has 1 N–H and O–H groups in total. The highest BCUT2D eigenvalue weighted by molar-refractivity contribution is 6.32. The molecule has 4 heteroatoms. The molecule has 1 aliphatic carbocycles. The second-order valence-corrected chi connectivity index (χ2v) is 6.39. The first kappa shape index (κ1) is 15.9. The number of carbonyl (C=O) groups is 1. The fourth-order valence-corrected chi connectivity index (χ4v) is 3.31. The van der Waals surface area contributed by atoms with Crippen LogP contribution in [0.15, 0.2) is 24.3 Å². The van der Waals surface area contributed by atoms with Crippen molar-refractivity contribution >= 4 is 23.6 Å². The van der Waals surface area contributed by atoms with E-state index in [0.717, 1.165) is 18.9 Å². The predicted octanol–water partition coefficient (Wildman–Crippen LogP) is 4.64. The SMILES string of the molecule is CC1CC(C)CC(Oc2cccc(Cl)c2/C=C/C(=O)O)C1. The van der Waals surface area contributed by atoms with Crippen LogP contribution >= 0.6 is 11.6 Å². The molecule has 0 aromatic heterocycles. The third-order valence-electron chi connectivity index (χ3n) is 3.83. The van der Waals surface area contributed by atoms with Crippen LogP contribution in [0.4, 0.5) is 0 Å². The zero-order valence-corrected chi connectivity index (χ0v) is 13.1. The fraction of sp³-hybridized carbons (Fsp3) is 0.471. The first-order valence-electron chi connectivity index (χ1n) is 7.32. The Morgan fingerprint density at radius 1 is 1.29 bits per heavy atom. The molecule has 1 aromatic rings. The Morgan fingerprint density at radius 2 is 1.95 bits per heavy atom. The molecule has 0 bridgehead atoms. The van der Waals surface area contributed by atoms with Crippen LogP contribution in [0, 0.1) is 11.8 Å². The number of rotatable bonds is 4. The van der Waals surface area contributed by atoms with Gasteiger partial charge in [-0.2, -0.15) is 0 Å². The Hall–Kier alpha value is -1.48. The summed E-state index contributed by atoms with van der Waals surface area (Å²) in [6.07, 6.45) is 6.04. The molecule has 114 valence electrons. The maximum atomic E-state index is 10.7. The number of aliphatic carboxylic acids is 1. The van der Waals surface area contributed by atoms with Crippen LogP contribution in [0.25, 0.3) is 6.08 Å². The van der Waals surface area contributed by atoms with Gasteiger partial charge < -0.3 is 9.84 Å². The number of carboxylic acids is 1. The summed E-state index contributed by atoms with van der Waals surface area (Å²) >= 11 is 6.16. The zero-order valence-electron chi connectivity index (χ0n) is 12.4. The van der Waals surface area contributed by atoms with Crippen LogP contribution in [0.3, 0.4) is 0 Å². The van der Waals surface area contributed by atoms with Gasteiger partial charge in [0, 0.05) is 11.6 Å². The number of hydrogen-bond donors (Lipinski definition) is 1. The minimum atomic E-state index is -0.999. The normalized spacial score (nSPS) is 26.0. The van der Waals surface area contributed by atoms with E-state index in [0.29, 0.717) is 28.2 Å². The number of halogens is 1. The molecule has 0 saturated heterocycles. The third-order valence-corrected chi connectivity index (χ3v) is 4.16. The summed E-state index contributed by atoms with van der Waals surface area (Å²) in [5.41, 5.74) is 0.632. The first-order valence-corrected chi connectivity index (χ1v) is 7.69. The average molecular weight is 309 g/mol. The van der Waals surface area contributed by atoms with Crippen molar-refractivity contribution in [2.75, 3.05) is 0 Å². The molecule has 1 aromatic carbocycles. The number of benzene rings is 1. The van der Waals surface area contributed by atoms with Crippen molar-refractivity contribution in [3.8, 4) is 5.75 Å². The second-order valence-electron chi connectivity index (χ2n) is 5.98. The molecular formula is C17H21ClO3. The molecule has 0 heterocycles. The number of hydrogen-bond acceptors (Lipinski definition) is 2. The van der Waals surface area contributed by atoms with Crippen molar-refractivity contribution in [2.45, 2.75) is 39.2 Å². The van der Waals surface area contributed by atoms with Gasteiger partial charge in [-0.25, -0.2) is 4.79 Å². The van der Waals surface area contributed by atoms with Gasteiger partial charge in [0.25, 0.3) is 0 Å². The van der Waals surface area contributed by atoms with Crippen molar-refractivity contribution in [3.05, 3.63) is 34.9 Å². The lowest BCUT2D eigenvalue weighted by molar-refractivity contribution is -0.131. The van der Waals surface area contributed by atoms with Crippen LogP contribution in [-0.4, -0.2) is 17.2 Å². The van der Waals surface area contributed by atoms with E-state index >= 15 is 0 Å². The van der Waals surface area contributed by atoms with E-state index < -0.39 is 5.97 Å². The molecule has 1 aliphatic rings. The maximum Gasteiger partial charge on any atom is 0.328 e. The van der Waals surface area contributed by atoms with Gasteiger partial charge in [-0.05, 0) is 49.3 Å². The van der Waals surface area contributed by atoms with E-state index in [9.17, 15) is 4.79 Å². The van der Waals surface area contributed by atoms with Crippen LogP contribution in [0.1, 0.15) is 38.7 Å². The summed E-state index contributed by atoms with van der Waals surface area (Å²) in [4.78, 5) is 10.7. The van der Waals surface area contributed by atoms with E-state index in [2.05, 4.69) is 13.8 Å². The second kappa shape index (κ2) is 6.99. The predicted molar refractivity (Wildman–Crippen MR) is 84.7 cm³/mol. The van der Waals surface area contributed by atoms with Gasteiger partial charge in [-0.15, -0.1) is 0 Å². The molecule has 2 unspecified atom stereocenters. The lowest BCUT2D eigenvalue weighted by Crippen LogP contribution is -2.28. The highest BCUT2D eigenvalue weighted by atomic mass is 35.5. The highest BCUT2D eigenvalue weighted by Gasteiger charge is 2.25. The number of carboxylic acid groups (broad SMARTS) is 1. The standard InChI is InChI=1S/C17H21ClO3/c1-11-8-12(2)10-13(9-11)21-16-5-3-4-15(18)14(16)6-7-17(19)20/h3-7,11-13H,8-10H2,1-2H3,(H,19,20)/b7-6+. The minimum absolute atomic E-state index is 0.166. The molecule has 0 amide bonds. The van der Waals surface area contributed by atoms with Crippen LogP contribution < -0.4 is 4.74 Å². The van der Waals surface area contributed by atoms with Gasteiger partial charge in [-0.1, -0.05) is 31.5 Å². The lowest BCUT2D eigenvalue weighted by Gasteiger charge is -2.32. The molecule has 0 spiro atoms. The van der Waals surface area contributed by atoms with Gasteiger partial charge in [-0.3, -0.25) is 0 Å².